The van der Waals surface area contributed by atoms with Crippen LogP contribution in [0.25, 0.3) is 0 Å². The van der Waals surface area contributed by atoms with Crippen molar-refractivity contribution < 1.29 is 14.3 Å². The van der Waals surface area contributed by atoms with Crippen LogP contribution in [0.4, 0.5) is 0 Å². The first-order valence-electron chi connectivity index (χ1n) is 5.35. The van der Waals surface area contributed by atoms with E-state index in [1.807, 2.05) is 13.8 Å². The number of carbonyl (C=O) groups is 2. The number of carbonyl (C=O) groups excluding carboxylic acids is 2. The highest BCUT2D eigenvalue weighted by Crippen LogP contribution is 2.20. The molecule has 0 aromatic heterocycles. The average molecular weight is 299 g/mol. The Morgan fingerprint density at radius 1 is 1.18 bits per heavy atom. The van der Waals surface area contributed by atoms with Crippen LogP contribution in [0.5, 0.6) is 0 Å². The van der Waals surface area contributed by atoms with Crippen molar-refractivity contribution in [1.29, 1.82) is 0 Å². The van der Waals surface area contributed by atoms with E-state index >= 15 is 0 Å². The van der Waals surface area contributed by atoms with Crippen molar-refractivity contribution in [3.63, 3.8) is 0 Å². The summed E-state index contributed by atoms with van der Waals surface area (Å²) >= 11 is 3.30. The molecule has 3 nitrogen and oxygen atoms in total. The maximum Gasteiger partial charge on any atom is 0.316 e. The summed E-state index contributed by atoms with van der Waals surface area (Å²) in [5, 5.41) is 0. The lowest BCUT2D eigenvalue weighted by atomic mass is 9.88. The summed E-state index contributed by atoms with van der Waals surface area (Å²) in [6.07, 6.45) is 0. The lowest BCUT2D eigenvalue weighted by Gasteiger charge is -2.16. The molecule has 0 aliphatic heterocycles. The minimum absolute atomic E-state index is 0.0846. The first-order chi connectivity index (χ1) is 7.97. The van der Waals surface area contributed by atoms with Gasteiger partial charge in [-0.15, -0.1) is 0 Å². The molecule has 0 N–H and O–H groups in total. The van der Waals surface area contributed by atoms with Crippen LogP contribution >= 0.6 is 15.9 Å². The Kier molecular flexibility index (Phi) is 4.87. The number of ether oxygens (including phenoxy) is 1. The zero-order valence-corrected chi connectivity index (χ0v) is 11.7. The molecule has 1 aromatic rings. The van der Waals surface area contributed by atoms with Gasteiger partial charge in [0.15, 0.2) is 5.78 Å². The summed E-state index contributed by atoms with van der Waals surface area (Å²) < 4.78 is 5.57. The van der Waals surface area contributed by atoms with Gasteiger partial charge in [-0.1, -0.05) is 41.9 Å². The quantitative estimate of drug-likeness (QED) is 0.487. The molecule has 1 rings (SSSR count). The predicted molar refractivity (Wildman–Crippen MR) is 68.8 cm³/mol. The Labute approximate surface area is 109 Å². The van der Waals surface area contributed by atoms with Crippen molar-refractivity contribution in [3.8, 4) is 0 Å². The van der Waals surface area contributed by atoms with Crippen LogP contribution in [0, 0.1) is 11.8 Å². The maximum atomic E-state index is 12.2. The summed E-state index contributed by atoms with van der Waals surface area (Å²) in [6, 6.07) is 6.96. The summed E-state index contributed by atoms with van der Waals surface area (Å²) in [5.74, 6) is -1.49. The third-order valence-electron chi connectivity index (χ3n) is 2.53. The molecule has 0 heterocycles. The number of hydrogen-bond acceptors (Lipinski definition) is 3. The molecule has 0 spiro atoms. The van der Waals surface area contributed by atoms with Gasteiger partial charge in [-0.3, -0.25) is 9.59 Å². The van der Waals surface area contributed by atoms with Crippen molar-refractivity contribution in [2.24, 2.45) is 11.8 Å². The molecule has 1 atom stereocenters. The number of ketones is 1. The zero-order chi connectivity index (χ0) is 13.0. The predicted octanol–water partition coefficient (Wildman–Crippen LogP) is 3.08. The van der Waals surface area contributed by atoms with Gasteiger partial charge >= 0.3 is 5.97 Å². The third kappa shape index (κ3) is 3.40. The number of benzene rings is 1. The van der Waals surface area contributed by atoms with Crippen LogP contribution in [0.3, 0.4) is 0 Å². The van der Waals surface area contributed by atoms with Crippen LogP contribution in [-0.2, 0) is 9.53 Å². The van der Waals surface area contributed by atoms with E-state index in [-0.39, 0.29) is 11.7 Å². The molecular formula is C13H15BrO3. The van der Waals surface area contributed by atoms with E-state index in [9.17, 15) is 9.59 Å². The van der Waals surface area contributed by atoms with E-state index in [4.69, 9.17) is 0 Å². The molecule has 1 aromatic carbocycles. The first kappa shape index (κ1) is 13.9. The van der Waals surface area contributed by atoms with Gasteiger partial charge in [0, 0.05) is 10.0 Å². The lowest BCUT2D eigenvalue weighted by molar-refractivity contribution is -0.144. The average Bonchev–Trinajstić information content (AvgIpc) is 2.29. The minimum atomic E-state index is -0.735. The van der Waals surface area contributed by atoms with E-state index in [0.29, 0.717) is 5.56 Å². The second-order valence-corrected chi connectivity index (χ2v) is 5.03. The zero-order valence-electron chi connectivity index (χ0n) is 10.1. The molecular weight excluding hydrogens is 284 g/mol. The molecule has 0 radical (unpaired) electrons. The van der Waals surface area contributed by atoms with Crippen molar-refractivity contribution in [1.82, 2.24) is 0 Å². The molecule has 0 saturated carbocycles. The number of hydrogen-bond donors (Lipinski definition) is 0. The number of Topliss-reactive ketones (excluding diaryl/α,β-unsaturated/α-hetero) is 1. The van der Waals surface area contributed by atoms with E-state index < -0.39 is 11.9 Å². The van der Waals surface area contributed by atoms with Gasteiger partial charge in [0.25, 0.3) is 0 Å². The van der Waals surface area contributed by atoms with Crippen LogP contribution < -0.4 is 0 Å². The molecule has 0 bridgehead atoms. The second kappa shape index (κ2) is 5.96. The van der Waals surface area contributed by atoms with Crippen LogP contribution in [0.1, 0.15) is 24.2 Å². The van der Waals surface area contributed by atoms with Crippen LogP contribution in [-0.4, -0.2) is 18.9 Å². The second-order valence-electron chi connectivity index (χ2n) is 4.12. The molecule has 17 heavy (non-hydrogen) atoms. The van der Waals surface area contributed by atoms with Gasteiger partial charge in [0.2, 0.25) is 0 Å². The van der Waals surface area contributed by atoms with Gasteiger partial charge in [0.1, 0.15) is 5.92 Å². The Morgan fingerprint density at radius 2 is 1.71 bits per heavy atom. The SMILES string of the molecule is COC(=O)C(C(=O)c1ccc(Br)cc1)C(C)C. The lowest BCUT2D eigenvalue weighted by Crippen LogP contribution is -2.30. The van der Waals surface area contributed by atoms with Crippen LogP contribution in [0.15, 0.2) is 28.7 Å². The van der Waals surface area contributed by atoms with E-state index in [0.717, 1.165) is 4.47 Å². The molecule has 0 amide bonds. The monoisotopic (exact) mass is 298 g/mol. The van der Waals surface area contributed by atoms with Crippen molar-refractivity contribution in [2.75, 3.05) is 7.11 Å². The summed E-state index contributed by atoms with van der Waals surface area (Å²) in [5.41, 5.74) is 0.525. The van der Waals surface area contributed by atoms with Gasteiger partial charge in [0.05, 0.1) is 7.11 Å². The molecule has 0 saturated heterocycles. The Morgan fingerprint density at radius 3 is 2.12 bits per heavy atom. The summed E-state index contributed by atoms with van der Waals surface area (Å²) in [6.45, 7) is 3.66. The minimum Gasteiger partial charge on any atom is -0.468 e. The van der Waals surface area contributed by atoms with E-state index in [2.05, 4.69) is 20.7 Å². The standard InChI is InChI=1S/C13H15BrO3/c1-8(2)11(13(16)17-3)12(15)9-4-6-10(14)7-5-9/h4-8,11H,1-3H3. The highest BCUT2D eigenvalue weighted by molar-refractivity contribution is 9.10. The van der Waals surface area contributed by atoms with Crippen molar-refractivity contribution >= 4 is 27.7 Å². The molecule has 1 unspecified atom stereocenters. The summed E-state index contributed by atoms with van der Waals surface area (Å²) in [4.78, 5) is 23.8. The largest absolute Gasteiger partial charge is 0.468 e. The van der Waals surface area contributed by atoms with Crippen LogP contribution in [0.2, 0.25) is 0 Å². The van der Waals surface area contributed by atoms with E-state index in [1.165, 1.54) is 7.11 Å². The van der Waals surface area contributed by atoms with E-state index in [1.54, 1.807) is 24.3 Å². The van der Waals surface area contributed by atoms with Crippen molar-refractivity contribution in [3.05, 3.63) is 34.3 Å². The Hall–Kier alpha value is -1.16. The third-order valence-corrected chi connectivity index (χ3v) is 3.06. The topological polar surface area (TPSA) is 43.4 Å². The molecule has 0 aliphatic carbocycles. The molecule has 4 heteroatoms. The molecule has 0 fully saturated rings. The Bertz CT molecular complexity index is 409. The fourth-order valence-electron chi connectivity index (χ4n) is 1.60. The number of esters is 1. The fourth-order valence-corrected chi connectivity index (χ4v) is 1.87. The number of halogens is 1. The molecule has 92 valence electrons. The number of methoxy groups -OCH3 is 1. The first-order valence-corrected chi connectivity index (χ1v) is 6.14. The van der Waals surface area contributed by atoms with Gasteiger partial charge in [-0.05, 0) is 18.1 Å². The summed E-state index contributed by atoms with van der Waals surface area (Å²) in [7, 11) is 1.30. The number of rotatable bonds is 4. The Balaban J connectivity index is 3.00. The van der Waals surface area contributed by atoms with Gasteiger partial charge in [-0.2, -0.15) is 0 Å². The van der Waals surface area contributed by atoms with Gasteiger partial charge in [-0.25, -0.2) is 0 Å². The highest BCUT2D eigenvalue weighted by atomic mass is 79.9. The normalized spacial score (nSPS) is 12.3. The molecule has 0 aliphatic rings. The maximum absolute atomic E-state index is 12.2. The van der Waals surface area contributed by atoms with Gasteiger partial charge < -0.3 is 4.74 Å². The van der Waals surface area contributed by atoms with Crippen molar-refractivity contribution in [2.45, 2.75) is 13.8 Å². The fraction of sp³-hybridized carbons (Fsp3) is 0.385. The highest BCUT2D eigenvalue weighted by Gasteiger charge is 2.31. The smallest absolute Gasteiger partial charge is 0.316 e.